The van der Waals surface area contributed by atoms with E-state index >= 15 is 0 Å². The van der Waals surface area contributed by atoms with Crippen LogP contribution in [0.1, 0.15) is 25.7 Å². The Balaban J connectivity index is 1.84. The van der Waals surface area contributed by atoms with Crippen molar-refractivity contribution in [2.75, 3.05) is 26.7 Å². The molecule has 0 atom stereocenters. The fourth-order valence-electron chi connectivity index (χ4n) is 2.07. The maximum atomic E-state index is 11.8. The van der Waals surface area contributed by atoms with E-state index < -0.39 is 5.54 Å². The predicted octanol–water partition coefficient (Wildman–Crippen LogP) is -0.441. The highest BCUT2D eigenvalue weighted by molar-refractivity contribution is 5.92. The molecule has 2 amide bonds. The summed E-state index contributed by atoms with van der Waals surface area (Å²) >= 11 is 0. The van der Waals surface area contributed by atoms with E-state index in [1.165, 1.54) is 4.90 Å². The summed E-state index contributed by atoms with van der Waals surface area (Å²) in [5.74, 6) is -0.0577. The molecule has 1 heterocycles. The number of likely N-dealkylation sites (tertiary alicyclic amines) is 1. The first-order valence-corrected chi connectivity index (χ1v) is 5.85. The zero-order chi connectivity index (χ0) is 11.8. The predicted molar refractivity (Wildman–Crippen MR) is 59.6 cm³/mol. The van der Waals surface area contributed by atoms with Gasteiger partial charge in [-0.15, -0.1) is 0 Å². The van der Waals surface area contributed by atoms with Crippen molar-refractivity contribution in [1.82, 2.24) is 9.80 Å². The Hall–Kier alpha value is -1.10. The van der Waals surface area contributed by atoms with Crippen molar-refractivity contribution in [3.8, 4) is 0 Å². The van der Waals surface area contributed by atoms with Crippen molar-refractivity contribution in [3.05, 3.63) is 0 Å². The van der Waals surface area contributed by atoms with E-state index in [9.17, 15) is 9.59 Å². The van der Waals surface area contributed by atoms with E-state index in [0.717, 1.165) is 38.8 Å². The number of rotatable bonds is 3. The molecule has 2 rings (SSSR count). The number of carbonyl (C=O) groups is 2. The molecule has 0 spiro atoms. The molecule has 5 nitrogen and oxygen atoms in total. The smallest absolute Gasteiger partial charge is 0.242 e. The van der Waals surface area contributed by atoms with Gasteiger partial charge in [0.2, 0.25) is 11.8 Å². The van der Waals surface area contributed by atoms with Gasteiger partial charge in [-0.1, -0.05) is 0 Å². The Morgan fingerprint density at radius 2 is 1.88 bits per heavy atom. The molecule has 16 heavy (non-hydrogen) atoms. The van der Waals surface area contributed by atoms with Crippen LogP contribution in [0.15, 0.2) is 0 Å². The van der Waals surface area contributed by atoms with Crippen LogP contribution in [0.5, 0.6) is 0 Å². The highest BCUT2D eigenvalue weighted by Gasteiger charge is 2.47. The average molecular weight is 225 g/mol. The molecule has 1 saturated carbocycles. The first kappa shape index (κ1) is 11.4. The second-order valence-corrected chi connectivity index (χ2v) is 4.91. The molecule has 90 valence electrons. The lowest BCUT2D eigenvalue weighted by Crippen LogP contribution is -2.47. The molecule has 0 aromatic carbocycles. The third kappa shape index (κ3) is 2.19. The van der Waals surface area contributed by atoms with Gasteiger partial charge in [-0.2, -0.15) is 0 Å². The molecule has 2 aliphatic rings. The van der Waals surface area contributed by atoms with Crippen molar-refractivity contribution in [2.24, 2.45) is 5.73 Å². The Kier molecular flexibility index (Phi) is 2.88. The third-order valence-electron chi connectivity index (χ3n) is 3.39. The summed E-state index contributed by atoms with van der Waals surface area (Å²) in [5, 5.41) is 0. The van der Waals surface area contributed by atoms with Gasteiger partial charge in [0.15, 0.2) is 0 Å². The van der Waals surface area contributed by atoms with Gasteiger partial charge in [-0.05, 0) is 25.7 Å². The van der Waals surface area contributed by atoms with Gasteiger partial charge in [0.05, 0.1) is 12.1 Å². The van der Waals surface area contributed by atoms with Crippen molar-refractivity contribution in [2.45, 2.75) is 31.2 Å². The molecule has 0 radical (unpaired) electrons. The van der Waals surface area contributed by atoms with E-state index in [1.54, 1.807) is 7.05 Å². The van der Waals surface area contributed by atoms with E-state index in [4.69, 9.17) is 5.73 Å². The summed E-state index contributed by atoms with van der Waals surface area (Å²) in [6.45, 7) is 1.82. The molecule has 0 bridgehead atoms. The van der Waals surface area contributed by atoms with E-state index in [-0.39, 0.29) is 18.4 Å². The Labute approximate surface area is 95.6 Å². The quantitative estimate of drug-likeness (QED) is 0.708. The average Bonchev–Trinajstić information content (AvgIpc) is 2.82. The summed E-state index contributed by atoms with van der Waals surface area (Å²) in [7, 11) is 1.66. The van der Waals surface area contributed by atoms with Crippen LogP contribution in [-0.4, -0.2) is 53.8 Å². The second kappa shape index (κ2) is 4.05. The topological polar surface area (TPSA) is 66.6 Å². The number of nitrogens with two attached hydrogens (primary N) is 1. The van der Waals surface area contributed by atoms with Crippen molar-refractivity contribution >= 4 is 11.8 Å². The molecule has 0 aromatic rings. The molecule has 0 unspecified atom stereocenters. The number of nitrogens with zero attached hydrogens (tertiary/aromatic N) is 2. The van der Waals surface area contributed by atoms with Gasteiger partial charge in [0.1, 0.15) is 0 Å². The molecule has 2 fully saturated rings. The number of likely N-dealkylation sites (N-methyl/N-ethyl adjacent to an activating group) is 1. The van der Waals surface area contributed by atoms with Crippen LogP contribution in [-0.2, 0) is 9.59 Å². The van der Waals surface area contributed by atoms with Gasteiger partial charge in [0, 0.05) is 20.1 Å². The van der Waals surface area contributed by atoms with Crippen LogP contribution in [0.4, 0.5) is 0 Å². The van der Waals surface area contributed by atoms with Crippen LogP contribution in [0.25, 0.3) is 0 Å². The summed E-state index contributed by atoms with van der Waals surface area (Å²) in [6.07, 6.45) is 3.64. The van der Waals surface area contributed by atoms with Crippen LogP contribution in [0.3, 0.4) is 0 Å². The third-order valence-corrected chi connectivity index (χ3v) is 3.39. The highest BCUT2D eigenvalue weighted by atomic mass is 16.2. The zero-order valence-corrected chi connectivity index (χ0v) is 9.74. The van der Waals surface area contributed by atoms with Crippen LogP contribution >= 0.6 is 0 Å². The minimum Gasteiger partial charge on any atom is -0.341 e. The van der Waals surface area contributed by atoms with E-state index in [1.807, 2.05) is 4.90 Å². The van der Waals surface area contributed by atoms with Gasteiger partial charge in [-0.3, -0.25) is 9.59 Å². The number of hydrogen-bond acceptors (Lipinski definition) is 3. The van der Waals surface area contributed by atoms with E-state index in [2.05, 4.69) is 0 Å². The van der Waals surface area contributed by atoms with Gasteiger partial charge >= 0.3 is 0 Å². The summed E-state index contributed by atoms with van der Waals surface area (Å²) in [5.41, 5.74) is 5.14. The lowest BCUT2D eigenvalue weighted by atomic mass is 10.2. The molecule has 1 saturated heterocycles. The van der Waals surface area contributed by atoms with Crippen LogP contribution in [0.2, 0.25) is 0 Å². The largest absolute Gasteiger partial charge is 0.341 e. The monoisotopic (exact) mass is 225 g/mol. The number of amides is 2. The first-order valence-electron chi connectivity index (χ1n) is 5.85. The minimum atomic E-state index is -0.667. The van der Waals surface area contributed by atoms with Crippen LogP contribution < -0.4 is 5.73 Å². The molecule has 2 N–H and O–H groups in total. The highest BCUT2D eigenvalue weighted by Crippen LogP contribution is 2.33. The summed E-state index contributed by atoms with van der Waals surface area (Å²) in [6, 6.07) is 0. The molecule has 1 aliphatic carbocycles. The Bertz CT molecular complexity index is 306. The minimum absolute atomic E-state index is 0.0394. The normalized spacial score (nSPS) is 22.0. The second-order valence-electron chi connectivity index (χ2n) is 4.91. The first-order chi connectivity index (χ1) is 7.53. The van der Waals surface area contributed by atoms with Crippen molar-refractivity contribution in [3.63, 3.8) is 0 Å². The van der Waals surface area contributed by atoms with E-state index in [0.29, 0.717) is 0 Å². The SMILES string of the molecule is CN(CC(=O)N1CCCC1)C(=O)C1(N)CC1. The fraction of sp³-hybridized carbons (Fsp3) is 0.818. The molecule has 0 aromatic heterocycles. The lowest BCUT2D eigenvalue weighted by molar-refractivity contribution is -0.140. The Morgan fingerprint density at radius 1 is 1.31 bits per heavy atom. The molecule has 1 aliphatic heterocycles. The molecular formula is C11H19N3O2. The number of carbonyl (C=O) groups excluding carboxylic acids is 2. The maximum Gasteiger partial charge on any atom is 0.242 e. The van der Waals surface area contributed by atoms with Gasteiger partial charge in [-0.25, -0.2) is 0 Å². The van der Waals surface area contributed by atoms with Gasteiger partial charge < -0.3 is 15.5 Å². The summed E-state index contributed by atoms with van der Waals surface area (Å²) < 4.78 is 0. The van der Waals surface area contributed by atoms with Crippen molar-refractivity contribution in [1.29, 1.82) is 0 Å². The Morgan fingerprint density at radius 3 is 2.38 bits per heavy atom. The molecular weight excluding hydrogens is 206 g/mol. The standard InChI is InChI=1S/C11H19N3O2/c1-13(10(16)11(12)4-5-11)8-9(15)14-6-2-3-7-14/h2-8,12H2,1H3. The zero-order valence-electron chi connectivity index (χ0n) is 9.74. The van der Waals surface area contributed by atoms with Crippen LogP contribution in [0, 0.1) is 0 Å². The van der Waals surface area contributed by atoms with Gasteiger partial charge in [0.25, 0.3) is 0 Å². The van der Waals surface area contributed by atoms with Crippen molar-refractivity contribution < 1.29 is 9.59 Å². The fourth-order valence-corrected chi connectivity index (χ4v) is 2.07. The maximum absolute atomic E-state index is 11.8. The number of hydrogen-bond donors (Lipinski definition) is 1. The lowest BCUT2D eigenvalue weighted by Gasteiger charge is -2.23. The molecule has 5 heteroatoms. The summed E-state index contributed by atoms with van der Waals surface area (Å²) in [4.78, 5) is 26.9.